The van der Waals surface area contributed by atoms with Crippen molar-refractivity contribution in [2.75, 3.05) is 24.6 Å². The van der Waals surface area contributed by atoms with Crippen LogP contribution in [0, 0.1) is 0 Å². The van der Waals surface area contributed by atoms with Gasteiger partial charge in [-0.25, -0.2) is 0 Å². The first kappa shape index (κ1) is 13.2. The maximum Gasteiger partial charge on any atom is 0.251 e. The first-order valence-corrected chi connectivity index (χ1v) is 5.93. The lowest BCUT2D eigenvalue weighted by Gasteiger charge is -2.14. The van der Waals surface area contributed by atoms with Crippen LogP contribution < -0.4 is 10.2 Å². The van der Waals surface area contributed by atoms with Crippen molar-refractivity contribution in [3.63, 3.8) is 0 Å². The number of aliphatic hydroxyl groups is 1. The van der Waals surface area contributed by atoms with Crippen LogP contribution in [-0.2, 0) is 9.59 Å². The van der Waals surface area contributed by atoms with Gasteiger partial charge in [-0.2, -0.15) is 0 Å². The van der Waals surface area contributed by atoms with E-state index in [1.807, 2.05) is 0 Å². The molecule has 1 aromatic carbocycles. The van der Waals surface area contributed by atoms with E-state index < -0.39 is 0 Å². The van der Waals surface area contributed by atoms with Crippen LogP contribution in [0.1, 0.15) is 16.8 Å². The predicted octanol–water partition coefficient (Wildman–Crippen LogP) is -0.286. The number of carbonyl (C=O) groups is 3. The van der Waals surface area contributed by atoms with Crippen molar-refractivity contribution in [1.82, 2.24) is 5.32 Å². The number of nitrogens with zero attached hydrogens (tertiary/aromatic N) is 1. The van der Waals surface area contributed by atoms with Crippen molar-refractivity contribution in [3.05, 3.63) is 29.8 Å². The SMILES string of the molecule is O=C1CC(=O)N(c2ccc(C(=O)NCCO)cc2)C1. The molecule has 0 aliphatic carbocycles. The molecule has 1 saturated heterocycles. The molecule has 2 N–H and O–H groups in total. The molecule has 100 valence electrons. The molecule has 0 unspecified atom stereocenters. The number of ketones is 1. The number of rotatable bonds is 4. The Labute approximate surface area is 110 Å². The van der Waals surface area contributed by atoms with Gasteiger partial charge in [0.15, 0.2) is 5.78 Å². The van der Waals surface area contributed by atoms with Crippen LogP contribution in [-0.4, -0.2) is 42.4 Å². The van der Waals surface area contributed by atoms with Gasteiger partial charge in [-0.1, -0.05) is 0 Å². The fourth-order valence-electron chi connectivity index (χ4n) is 1.88. The van der Waals surface area contributed by atoms with E-state index in [4.69, 9.17) is 5.11 Å². The van der Waals surface area contributed by atoms with Gasteiger partial charge in [0.05, 0.1) is 19.6 Å². The number of Topliss-reactive ketones (excluding diaryl/α,β-unsaturated/α-hetero) is 1. The first-order valence-electron chi connectivity index (χ1n) is 5.93. The molecule has 6 nitrogen and oxygen atoms in total. The summed E-state index contributed by atoms with van der Waals surface area (Å²) in [4.78, 5) is 35.7. The van der Waals surface area contributed by atoms with Gasteiger partial charge < -0.3 is 15.3 Å². The number of nitrogens with one attached hydrogen (secondary N) is 1. The highest BCUT2D eigenvalue weighted by Crippen LogP contribution is 2.20. The summed E-state index contributed by atoms with van der Waals surface area (Å²) in [5.41, 5.74) is 1.05. The Balaban J connectivity index is 2.08. The summed E-state index contributed by atoms with van der Waals surface area (Å²) in [5.74, 6) is -0.610. The average molecular weight is 262 g/mol. The monoisotopic (exact) mass is 262 g/mol. The lowest BCUT2D eigenvalue weighted by molar-refractivity contribution is -0.121. The summed E-state index contributed by atoms with van der Waals surface area (Å²) in [7, 11) is 0. The number of amides is 2. The Hall–Kier alpha value is -2.21. The molecule has 1 aliphatic rings. The molecule has 2 rings (SSSR count). The molecule has 0 atom stereocenters. The topological polar surface area (TPSA) is 86.7 Å². The lowest BCUT2D eigenvalue weighted by Crippen LogP contribution is -2.27. The number of carbonyl (C=O) groups excluding carboxylic acids is 3. The summed E-state index contributed by atoms with van der Waals surface area (Å²) in [6, 6.07) is 6.42. The van der Waals surface area contributed by atoms with E-state index in [9.17, 15) is 14.4 Å². The molecular weight excluding hydrogens is 248 g/mol. The van der Waals surface area contributed by atoms with E-state index in [2.05, 4.69) is 5.32 Å². The smallest absolute Gasteiger partial charge is 0.251 e. The van der Waals surface area contributed by atoms with E-state index in [1.165, 1.54) is 4.90 Å². The Morgan fingerprint density at radius 2 is 1.95 bits per heavy atom. The van der Waals surface area contributed by atoms with Crippen LogP contribution in [0.15, 0.2) is 24.3 Å². The normalized spacial score (nSPS) is 14.9. The fraction of sp³-hybridized carbons (Fsp3) is 0.308. The van der Waals surface area contributed by atoms with Gasteiger partial charge in [0.1, 0.15) is 0 Å². The molecule has 1 fully saturated rings. The van der Waals surface area contributed by atoms with Gasteiger partial charge in [0.2, 0.25) is 5.91 Å². The van der Waals surface area contributed by atoms with Crippen LogP contribution in [0.4, 0.5) is 5.69 Å². The van der Waals surface area contributed by atoms with E-state index in [0.717, 1.165) is 0 Å². The van der Waals surface area contributed by atoms with Crippen molar-refractivity contribution in [2.24, 2.45) is 0 Å². The van der Waals surface area contributed by atoms with Crippen LogP contribution >= 0.6 is 0 Å². The van der Waals surface area contributed by atoms with Crippen LogP contribution in [0.25, 0.3) is 0 Å². The number of aliphatic hydroxyl groups excluding tert-OH is 1. The summed E-state index contributed by atoms with van der Waals surface area (Å²) < 4.78 is 0. The van der Waals surface area contributed by atoms with Crippen molar-refractivity contribution in [2.45, 2.75) is 6.42 Å². The molecule has 0 aromatic heterocycles. The Bertz CT molecular complexity index is 510. The molecule has 19 heavy (non-hydrogen) atoms. The molecule has 0 radical (unpaired) electrons. The highest BCUT2D eigenvalue weighted by atomic mass is 16.3. The first-order chi connectivity index (χ1) is 9.11. The van der Waals surface area contributed by atoms with Crippen molar-refractivity contribution < 1.29 is 19.5 Å². The molecular formula is C13H14N2O4. The quantitative estimate of drug-likeness (QED) is 0.730. The van der Waals surface area contributed by atoms with Gasteiger partial charge in [-0.05, 0) is 24.3 Å². The molecule has 2 amide bonds. The average Bonchev–Trinajstić information content (AvgIpc) is 2.75. The molecule has 1 aromatic rings. The lowest BCUT2D eigenvalue weighted by atomic mass is 10.2. The third-order valence-corrected chi connectivity index (χ3v) is 2.82. The Morgan fingerprint density at radius 3 is 2.47 bits per heavy atom. The largest absolute Gasteiger partial charge is 0.395 e. The van der Waals surface area contributed by atoms with E-state index in [-0.39, 0.29) is 43.7 Å². The van der Waals surface area contributed by atoms with Crippen LogP contribution in [0.2, 0.25) is 0 Å². The molecule has 6 heteroatoms. The third kappa shape index (κ3) is 2.97. The highest BCUT2D eigenvalue weighted by molar-refractivity contribution is 6.15. The number of hydrogen-bond donors (Lipinski definition) is 2. The van der Waals surface area contributed by atoms with E-state index in [0.29, 0.717) is 11.3 Å². The summed E-state index contributed by atoms with van der Waals surface area (Å²) in [5, 5.41) is 11.1. The van der Waals surface area contributed by atoms with Crippen molar-refractivity contribution in [1.29, 1.82) is 0 Å². The minimum Gasteiger partial charge on any atom is -0.395 e. The number of benzene rings is 1. The summed E-state index contributed by atoms with van der Waals surface area (Å²) in [6.45, 7) is 0.169. The Morgan fingerprint density at radius 1 is 1.26 bits per heavy atom. The molecule has 0 bridgehead atoms. The van der Waals surface area contributed by atoms with Crippen molar-refractivity contribution >= 4 is 23.3 Å². The minimum atomic E-state index is -0.288. The van der Waals surface area contributed by atoms with Gasteiger partial charge in [-0.3, -0.25) is 14.4 Å². The van der Waals surface area contributed by atoms with Gasteiger partial charge in [-0.15, -0.1) is 0 Å². The highest BCUT2D eigenvalue weighted by Gasteiger charge is 2.28. The van der Waals surface area contributed by atoms with E-state index in [1.54, 1.807) is 24.3 Å². The standard InChI is InChI=1S/C13H14N2O4/c16-6-5-14-13(19)9-1-3-10(4-2-9)15-8-11(17)7-12(15)18/h1-4,16H,5-8H2,(H,14,19). The third-order valence-electron chi connectivity index (χ3n) is 2.82. The second-order valence-electron chi connectivity index (χ2n) is 4.22. The minimum absolute atomic E-state index is 0.0568. The zero-order valence-electron chi connectivity index (χ0n) is 10.3. The maximum absolute atomic E-state index is 11.6. The molecule has 1 aliphatic heterocycles. The van der Waals surface area contributed by atoms with Crippen LogP contribution in [0.5, 0.6) is 0 Å². The zero-order chi connectivity index (χ0) is 13.8. The van der Waals surface area contributed by atoms with Gasteiger partial charge in [0.25, 0.3) is 5.91 Å². The molecule has 1 heterocycles. The number of anilines is 1. The molecule has 0 spiro atoms. The summed E-state index contributed by atoms with van der Waals surface area (Å²) >= 11 is 0. The Kier molecular flexibility index (Phi) is 3.91. The zero-order valence-corrected chi connectivity index (χ0v) is 10.3. The van der Waals surface area contributed by atoms with Gasteiger partial charge in [0, 0.05) is 17.8 Å². The second kappa shape index (κ2) is 5.62. The van der Waals surface area contributed by atoms with E-state index >= 15 is 0 Å². The fourth-order valence-corrected chi connectivity index (χ4v) is 1.88. The molecule has 0 saturated carbocycles. The summed E-state index contributed by atoms with van der Waals surface area (Å²) in [6.07, 6.45) is -0.0568. The second-order valence-corrected chi connectivity index (χ2v) is 4.22. The predicted molar refractivity (Wildman–Crippen MR) is 67.8 cm³/mol. The van der Waals surface area contributed by atoms with Crippen molar-refractivity contribution in [3.8, 4) is 0 Å². The van der Waals surface area contributed by atoms with Crippen LogP contribution in [0.3, 0.4) is 0 Å². The maximum atomic E-state index is 11.6. The number of hydrogen-bond acceptors (Lipinski definition) is 4. The van der Waals surface area contributed by atoms with Gasteiger partial charge >= 0.3 is 0 Å².